The van der Waals surface area contributed by atoms with Gasteiger partial charge in [0.15, 0.2) is 6.10 Å². The van der Waals surface area contributed by atoms with E-state index in [-0.39, 0.29) is 5.82 Å². The standard InChI is InChI=1S/C19H16FNO3S/c1-11-3-6-15(7-4-11)21-18(22)12(2)24-19(23)17-10-13-9-14(20)5-8-16(13)25-17/h3-10,12H,1-2H3,(H,21,22)/t12-/m1/s1. The number of ether oxygens (including phenoxy) is 1. The van der Waals surface area contributed by atoms with E-state index in [1.54, 1.807) is 24.3 Å². The molecule has 0 radical (unpaired) electrons. The molecular weight excluding hydrogens is 341 g/mol. The molecule has 2 aromatic carbocycles. The molecule has 0 bridgehead atoms. The van der Waals surface area contributed by atoms with Crippen LogP contribution in [-0.4, -0.2) is 18.0 Å². The van der Waals surface area contributed by atoms with Gasteiger partial charge < -0.3 is 10.1 Å². The van der Waals surface area contributed by atoms with Crippen molar-refractivity contribution in [3.63, 3.8) is 0 Å². The van der Waals surface area contributed by atoms with Crippen LogP contribution in [0.15, 0.2) is 48.5 Å². The summed E-state index contributed by atoms with van der Waals surface area (Å²) in [5.74, 6) is -1.38. The van der Waals surface area contributed by atoms with E-state index in [0.29, 0.717) is 16.0 Å². The second-order valence-electron chi connectivity index (χ2n) is 5.70. The minimum Gasteiger partial charge on any atom is -0.448 e. The van der Waals surface area contributed by atoms with Crippen molar-refractivity contribution in [2.24, 2.45) is 0 Å². The van der Waals surface area contributed by atoms with Crippen LogP contribution in [-0.2, 0) is 9.53 Å². The van der Waals surface area contributed by atoms with Crippen molar-refractivity contribution in [3.8, 4) is 0 Å². The second kappa shape index (κ2) is 7.03. The smallest absolute Gasteiger partial charge is 0.349 e. The zero-order valence-electron chi connectivity index (χ0n) is 13.7. The summed E-state index contributed by atoms with van der Waals surface area (Å²) in [7, 11) is 0. The third kappa shape index (κ3) is 4.03. The quantitative estimate of drug-likeness (QED) is 0.698. The van der Waals surface area contributed by atoms with Gasteiger partial charge in [0.05, 0.1) is 0 Å². The van der Waals surface area contributed by atoms with Crippen LogP contribution in [0.4, 0.5) is 10.1 Å². The number of carbonyl (C=O) groups excluding carboxylic acids is 2. The van der Waals surface area contributed by atoms with E-state index in [2.05, 4.69) is 5.32 Å². The van der Waals surface area contributed by atoms with Gasteiger partial charge in [-0.1, -0.05) is 17.7 Å². The van der Waals surface area contributed by atoms with Gasteiger partial charge in [-0.25, -0.2) is 9.18 Å². The maximum Gasteiger partial charge on any atom is 0.349 e. The van der Waals surface area contributed by atoms with E-state index in [9.17, 15) is 14.0 Å². The second-order valence-corrected chi connectivity index (χ2v) is 6.78. The number of esters is 1. The minimum atomic E-state index is -0.948. The Morgan fingerprint density at radius 3 is 2.56 bits per heavy atom. The highest BCUT2D eigenvalue weighted by atomic mass is 32.1. The molecule has 3 rings (SSSR count). The Bertz CT molecular complexity index is 933. The van der Waals surface area contributed by atoms with Gasteiger partial charge >= 0.3 is 5.97 Å². The number of benzene rings is 2. The summed E-state index contributed by atoms with van der Waals surface area (Å²) in [5, 5.41) is 3.33. The first-order chi connectivity index (χ1) is 11.9. The molecule has 0 fully saturated rings. The van der Waals surface area contributed by atoms with E-state index in [4.69, 9.17) is 4.74 Å². The van der Waals surface area contributed by atoms with Gasteiger partial charge in [0.2, 0.25) is 0 Å². The number of halogens is 1. The number of nitrogens with one attached hydrogen (secondary N) is 1. The molecule has 0 spiro atoms. The molecule has 0 saturated heterocycles. The van der Waals surface area contributed by atoms with Crippen molar-refractivity contribution in [1.29, 1.82) is 0 Å². The Kier molecular flexibility index (Phi) is 4.81. The first-order valence-corrected chi connectivity index (χ1v) is 8.51. The summed E-state index contributed by atoms with van der Waals surface area (Å²) >= 11 is 1.20. The molecule has 1 amide bonds. The molecule has 1 aromatic heterocycles. The first kappa shape index (κ1) is 17.1. The molecule has 25 heavy (non-hydrogen) atoms. The number of aryl methyl sites for hydroxylation is 1. The van der Waals surface area contributed by atoms with Crippen molar-refractivity contribution in [3.05, 3.63) is 64.8 Å². The molecule has 1 atom stereocenters. The lowest BCUT2D eigenvalue weighted by Gasteiger charge is -2.13. The highest BCUT2D eigenvalue weighted by Gasteiger charge is 2.20. The van der Waals surface area contributed by atoms with Crippen molar-refractivity contribution < 1.29 is 18.7 Å². The normalized spacial score (nSPS) is 12.0. The lowest BCUT2D eigenvalue weighted by molar-refractivity contribution is -0.123. The van der Waals surface area contributed by atoms with Crippen molar-refractivity contribution in [2.45, 2.75) is 20.0 Å². The average molecular weight is 357 g/mol. The van der Waals surface area contributed by atoms with E-state index in [0.717, 1.165) is 10.3 Å². The molecule has 1 N–H and O–H groups in total. The van der Waals surface area contributed by atoms with Crippen molar-refractivity contribution in [1.82, 2.24) is 0 Å². The zero-order chi connectivity index (χ0) is 18.0. The van der Waals surface area contributed by atoms with Gasteiger partial charge in [-0.2, -0.15) is 0 Å². The molecule has 0 aliphatic carbocycles. The van der Waals surface area contributed by atoms with Gasteiger partial charge in [-0.15, -0.1) is 11.3 Å². The molecule has 3 aromatic rings. The molecule has 1 heterocycles. The lowest BCUT2D eigenvalue weighted by atomic mass is 10.2. The van der Waals surface area contributed by atoms with Crippen LogP contribution in [0, 0.1) is 12.7 Å². The van der Waals surface area contributed by atoms with Gasteiger partial charge in [0.1, 0.15) is 10.7 Å². The highest BCUT2D eigenvalue weighted by Crippen LogP contribution is 2.27. The third-order valence-corrected chi connectivity index (χ3v) is 4.75. The summed E-state index contributed by atoms with van der Waals surface area (Å²) in [5.41, 5.74) is 1.72. The van der Waals surface area contributed by atoms with Crippen LogP contribution in [0.1, 0.15) is 22.2 Å². The number of hydrogen-bond acceptors (Lipinski definition) is 4. The van der Waals surface area contributed by atoms with Crippen LogP contribution in [0.2, 0.25) is 0 Å². The number of amides is 1. The Morgan fingerprint density at radius 1 is 1.12 bits per heavy atom. The molecule has 0 aliphatic rings. The number of hydrogen-bond donors (Lipinski definition) is 1. The summed E-state index contributed by atoms with van der Waals surface area (Å²) in [6, 6.07) is 13.2. The van der Waals surface area contributed by atoms with Crippen LogP contribution in [0.25, 0.3) is 10.1 Å². The SMILES string of the molecule is Cc1ccc(NC(=O)[C@@H](C)OC(=O)c2cc3cc(F)ccc3s2)cc1. The van der Waals surface area contributed by atoms with Gasteiger partial charge in [0, 0.05) is 10.4 Å². The Balaban J connectivity index is 1.66. The molecule has 6 heteroatoms. The number of carbonyl (C=O) groups is 2. The fraction of sp³-hybridized carbons (Fsp3) is 0.158. The fourth-order valence-electron chi connectivity index (χ4n) is 2.27. The Hall–Kier alpha value is -2.73. The predicted molar refractivity (Wildman–Crippen MR) is 96.5 cm³/mol. The minimum absolute atomic E-state index is 0.329. The van der Waals surface area contributed by atoms with E-state index in [1.165, 1.54) is 30.4 Å². The van der Waals surface area contributed by atoms with Crippen molar-refractivity contribution in [2.75, 3.05) is 5.32 Å². The zero-order valence-corrected chi connectivity index (χ0v) is 14.5. The van der Waals surface area contributed by atoms with Crippen LogP contribution in [0.5, 0.6) is 0 Å². The largest absolute Gasteiger partial charge is 0.448 e. The third-order valence-electron chi connectivity index (χ3n) is 3.65. The summed E-state index contributed by atoms with van der Waals surface area (Å²) < 4.78 is 19.2. The van der Waals surface area contributed by atoms with Crippen LogP contribution >= 0.6 is 11.3 Å². The van der Waals surface area contributed by atoms with Gasteiger partial charge in [-0.3, -0.25) is 4.79 Å². The van der Waals surface area contributed by atoms with E-state index < -0.39 is 18.0 Å². The maximum absolute atomic E-state index is 13.2. The molecule has 0 saturated carbocycles. The lowest BCUT2D eigenvalue weighted by Crippen LogP contribution is -2.29. The summed E-state index contributed by atoms with van der Waals surface area (Å²) in [4.78, 5) is 24.7. The molecule has 128 valence electrons. The van der Waals surface area contributed by atoms with Gasteiger partial charge in [-0.05, 0) is 55.6 Å². The van der Waals surface area contributed by atoms with E-state index in [1.807, 2.05) is 19.1 Å². The number of thiophene rings is 1. The monoisotopic (exact) mass is 357 g/mol. The molecule has 0 unspecified atom stereocenters. The Morgan fingerprint density at radius 2 is 1.84 bits per heavy atom. The van der Waals surface area contributed by atoms with Crippen LogP contribution < -0.4 is 5.32 Å². The number of rotatable bonds is 4. The van der Waals surface area contributed by atoms with Crippen molar-refractivity contribution >= 4 is 39.0 Å². The maximum atomic E-state index is 13.2. The van der Waals surface area contributed by atoms with E-state index >= 15 is 0 Å². The first-order valence-electron chi connectivity index (χ1n) is 7.70. The average Bonchev–Trinajstić information content (AvgIpc) is 3.00. The molecular formula is C19H16FNO3S. The predicted octanol–water partition coefficient (Wildman–Crippen LogP) is 4.53. The van der Waals surface area contributed by atoms with Crippen LogP contribution in [0.3, 0.4) is 0 Å². The highest BCUT2D eigenvalue weighted by molar-refractivity contribution is 7.20. The van der Waals surface area contributed by atoms with Gasteiger partial charge in [0.25, 0.3) is 5.91 Å². The molecule has 0 aliphatic heterocycles. The summed E-state index contributed by atoms with van der Waals surface area (Å²) in [6.45, 7) is 3.46. The molecule has 4 nitrogen and oxygen atoms in total. The number of anilines is 1. The summed E-state index contributed by atoms with van der Waals surface area (Å²) in [6.07, 6.45) is -0.948. The fourth-order valence-corrected chi connectivity index (χ4v) is 3.19. The topological polar surface area (TPSA) is 55.4 Å². The Labute approximate surface area is 148 Å². The number of fused-ring (bicyclic) bond motifs is 1.